The highest BCUT2D eigenvalue weighted by atomic mass is 35.5. The van der Waals surface area contributed by atoms with E-state index >= 15 is 0 Å². The third-order valence-electron chi connectivity index (χ3n) is 2.50. The number of methoxy groups -OCH3 is 2. The van der Waals surface area contributed by atoms with Crippen LogP contribution in [0.2, 0.25) is 5.15 Å². The van der Waals surface area contributed by atoms with Gasteiger partial charge in [0.1, 0.15) is 11.8 Å². The van der Waals surface area contributed by atoms with Crippen molar-refractivity contribution in [1.29, 1.82) is 0 Å². The molecule has 0 bridgehead atoms. The van der Waals surface area contributed by atoms with Crippen molar-refractivity contribution in [1.82, 2.24) is 9.97 Å². The number of nitrogens with zero attached hydrogens (tertiary/aromatic N) is 2. The molecular weight excluding hydrogens is 256 g/mol. The van der Waals surface area contributed by atoms with Crippen LogP contribution in [0.3, 0.4) is 0 Å². The van der Waals surface area contributed by atoms with Gasteiger partial charge in [-0.15, -0.1) is 0 Å². The predicted molar refractivity (Wildman–Crippen MR) is 69.0 cm³/mol. The smallest absolute Gasteiger partial charge is 0.218 e. The highest BCUT2D eigenvalue weighted by Gasteiger charge is 2.16. The van der Waals surface area contributed by atoms with E-state index in [2.05, 4.69) is 9.97 Å². The molecule has 1 aromatic rings. The van der Waals surface area contributed by atoms with Crippen LogP contribution in [0.15, 0.2) is 6.07 Å². The van der Waals surface area contributed by atoms with Crippen LogP contribution in [-0.2, 0) is 16.1 Å². The Bertz CT molecular complexity index is 386. The molecule has 0 aromatic carbocycles. The van der Waals surface area contributed by atoms with Crippen LogP contribution in [0, 0.1) is 0 Å². The van der Waals surface area contributed by atoms with E-state index in [1.807, 2.05) is 13.8 Å². The zero-order valence-corrected chi connectivity index (χ0v) is 12.0. The van der Waals surface area contributed by atoms with Crippen molar-refractivity contribution in [3.8, 4) is 5.88 Å². The number of aromatic nitrogens is 2. The molecule has 5 nitrogen and oxygen atoms in total. The van der Waals surface area contributed by atoms with Crippen LogP contribution >= 0.6 is 11.6 Å². The predicted octanol–water partition coefficient (Wildman–Crippen LogP) is 2.47. The molecule has 0 aliphatic carbocycles. The van der Waals surface area contributed by atoms with Gasteiger partial charge in [0, 0.05) is 26.7 Å². The maximum absolute atomic E-state index is 5.87. The molecule has 0 aliphatic heterocycles. The van der Waals surface area contributed by atoms with E-state index in [0.717, 1.165) is 6.42 Å². The van der Waals surface area contributed by atoms with Crippen LogP contribution in [0.1, 0.15) is 26.1 Å². The Kier molecular flexibility index (Phi) is 5.78. The highest BCUT2D eigenvalue weighted by molar-refractivity contribution is 6.29. The van der Waals surface area contributed by atoms with E-state index in [9.17, 15) is 0 Å². The molecule has 0 aliphatic rings. The molecule has 102 valence electrons. The van der Waals surface area contributed by atoms with Gasteiger partial charge in [-0.1, -0.05) is 11.6 Å². The summed E-state index contributed by atoms with van der Waals surface area (Å²) in [5.41, 5.74) is -0.216. The van der Waals surface area contributed by atoms with Crippen molar-refractivity contribution in [3.63, 3.8) is 0 Å². The van der Waals surface area contributed by atoms with Gasteiger partial charge < -0.3 is 14.2 Å². The lowest BCUT2D eigenvalue weighted by Gasteiger charge is -2.22. The largest absolute Gasteiger partial charge is 0.477 e. The molecule has 0 saturated carbocycles. The molecule has 0 amide bonds. The Morgan fingerprint density at radius 2 is 2.00 bits per heavy atom. The fourth-order valence-electron chi connectivity index (χ4n) is 1.21. The molecule has 18 heavy (non-hydrogen) atoms. The minimum atomic E-state index is -0.216. The van der Waals surface area contributed by atoms with E-state index in [4.69, 9.17) is 25.8 Å². The van der Waals surface area contributed by atoms with Gasteiger partial charge in [-0.2, -0.15) is 4.98 Å². The summed E-state index contributed by atoms with van der Waals surface area (Å²) in [4.78, 5) is 8.21. The molecule has 0 unspecified atom stereocenters. The first-order valence-electron chi connectivity index (χ1n) is 5.67. The number of halogens is 1. The number of rotatable bonds is 7. The molecule has 0 N–H and O–H groups in total. The third kappa shape index (κ3) is 5.16. The zero-order valence-electron chi connectivity index (χ0n) is 11.2. The Balaban J connectivity index is 2.56. The van der Waals surface area contributed by atoms with E-state index in [-0.39, 0.29) is 5.60 Å². The monoisotopic (exact) mass is 274 g/mol. The Morgan fingerprint density at radius 1 is 1.28 bits per heavy atom. The quantitative estimate of drug-likeness (QED) is 0.715. The fraction of sp³-hybridized carbons (Fsp3) is 0.667. The normalized spacial score (nSPS) is 11.6. The summed E-state index contributed by atoms with van der Waals surface area (Å²) in [7, 11) is 3.25. The maximum Gasteiger partial charge on any atom is 0.218 e. The molecular formula is C12H19ClN2O3. The van der Waals surface area contributed by atoms with E-state index in [0.29, 0.717) is 30.1 Å². The van der Waals surface area contributed by atoms with Gasteiger partial charge in [-0.05, 0) is 13.8 Å². The van der Waals surface area contributed by atoms with Crippen molar-refractivity contribution in [2.75, 3.05) is 20.8 Å². The van der Waals surface area contributed by atoms with Crippen LogP contribution < -0.4 is 4.74 Å². The van der Waals surface area contributed by atoms with E-state index in [1.54, 1.807) is 20.3 Å². The average Bonchev–Trinajstić information content (AvgIpc) is 2.28. The summed E-state index contributed by atoms with van der Waals surface area (Å²) in [5.74, 6) is 0.958. The highest BCUT2D eigenvalue weighted by Crippen LogP contribution is 2.17. The minimum absolute atomic E-state index is 0.216. The van der Waals surface area contributed by atoms with Gasteiger partial charge in [-0.25, -0.2) is 4.98 Å². The van der Waals surface area contributed by atoms with Gasteiger partial charge >= 0.3 is 0 Å². The SMILES string of the molecule is COCc1nc(Cl)cc(OCCC(C)(C)OC)n1. The summed E-state index contributed by atoms with van der Waals surface area (Å²) >= 11 is 5.87. The lowest BCUT2D eigenvalue weighted by molar-refractivity contribution is 0.00503. The molecule has 0 fully saturated rings. The van der Waals surface area contributed by atoms with Gasteiger partial charge in [0.25, 0.3) is 0 Å². The molecule has 1 heterocycles. The number of hydrogen-bond donors (Lipinski definition) is 0. The topological polar surface area (TPSA) is 53.5 Å². The lowest BCUT2D eigenvalue weighted by Crippen LogP contribution is -2.25. The Hall–Kier alpha value is -0.910. The van der Waals surface area contributed by atoms with Crippen LogP contribution in [0.4, 0.5) is 0 Å². The number of ether oxygens (including phenoxy) is 3. The van der Waals surface area contributed by atoms with E-state index < -0.39 is 0 Å². The van der Waals surface area contributed by atoms with Crippen molar-refractivity contribution < 1.29 is 14.2 Å². The van der Waals surface area contributed by atoms with Crippen molar-refractivity contribution in [2.45, 2.75) is 32.5 Å². The molecule has 1 aromatic heterocycles. The summed E-state index contributed by atoms with van der Waals surface area (Å²) in [6.07, 6.45) is 0.755. The van der Waals surface area contributed by atoms with Crippen molar-refractivity contribution >= 4 is 11.6 Å². The second-order valence-electron chi connectivity index (χ2n) is 4.44. The van der Waals surface area contributed by atoms with Crippen LogP contribution in [-0.4, -0.2) is 36.4 Å². The fourth-order valence-corrected chi connectivity index (χ4v) is 1.40. The lowest BCUT2D eigenvalue weighted by atomic mass is 10.1. The minimum Gasteiger partial charge on any atom is -0.477 e. The first kappa shape index (κ1) is 15.1. The molecule has 0 saturated heterocycles. The van der Waals surface area contributed by atoms with E-state index in [1.165, 1.54) is 0 Å². The number of hydrogen-bond acceptors (Lipinski definition) is 5. The Morgan fingerprint density at radius 3 is 2.61 bits per heavy atom. The molecule has 0 atom stereocenters. The first-order chi connectivity index (χ1) is 8.46. The molecule has 0 radical (unpaired) electrons. The average molecular weight is 275 g/mol. The van der Waals surface area contributed by atoms with Crippen LogP contribution in [0.25, 0.3) is 0 Å². The standard InChI is InChI=1S/C12H19ClN2O3/c1-12(2,17-4)5-6-18-11-7-9(13)14-10(15-11)8-16-3/h7H,5-6,8H2,1-4H3. The maximum atomic E-state index is 5.87. The van der Waals surface area contributed by atoms with Gasteiger partial charge in [0.05, 0.1) is 12.2 Å². The molecule has 1 rings (SSSR count). The second-order valence-corrected chi connectivity index (χ2v) is 4.83. The molecule has 0 spiro atoms. The Labute approximate surface area is 112 Å². The van der Waals surface area contributed by atoms with Gasteiger partial charge in [0.15, 0.2) is 5.82 Å². The van der Waals surface area contributed by atoms with Crippen LogP contribution in [0.5, 0.6) is 5.88 Å². The second kappa shape index (κ2) is 6.87. The van der Waals surface area contributed by atoms with Crippen molar-refractivity contribution in [2.24, 2.45) is 0 Å². The summed E-state index contributed by atoms with van der Waals surface area (Å²) in [6, 6.07) is 1.58. The molecule has 6 heteroatoms. The summed E-state index contributed by atoms with van der Waals surface area (Å²) < 4.78 is 15.8. The zero-order chi connectivity index (χ0) is 13.6. The van der Waals surface area contributed by atoms with Gasteiger partial charge in [0.2, 0.25) is 5.88 Å². The van der Waals surface area contributed by atoms with Gasteiger partial charge in [-0.3, -0.25) is 0 Å². The third-order valence-corrected chi connectivity index (χ3v) is 2.69. The van der Waals surface area contributed by atoms with Crippen molar-refractivity contribution in [3.05, 3.63) is 17.0 Å². The summed E-state index contributed by atoms with van der Waals surface area (Å²) in [5, 5.41) is 0.345. The summed E-state index contributed by atoms with van der Waals surface area (Å²) in [6.45, 7) is 4.81. The first-order valence-corrected chi connectivity index (χ1v) is 6.05.